The van der Waals surface area contributed by atoms with E-state index in [-0.39, 0.29) is 17.6 Å². The predicted molar refractivity (Wildman–Crippen MR) is 134 cm³/mol. The molecule has 0 aliphatic rings. The number of rotatable bonds is 10. The number of para-hydroxylation sites is 1. The molecule has 0 saturated carbocycles. The van der Waals surface area contributed by atoms with Crippen molar-refractivity contribution in [1.82, 2.24) is 34.5 Å². The summed E-state index contributed by atoms with van der Waals surface area (Å²) >= 11 is 0. The number of hydrogen-bond donors (Lipinski definition) is 1. The molecule has 14 heteroatoms. The van der Waals surface area contributed by atoms with Crippen molar-refractivity contribution in [3.8, 4) is 28.7 Å². The van der Waals surface area contributed by atoms with Gasteiger partial charge in [-0.2, -0.15) is 5.10 Å². The number of anilines is 1. The fraction of sp³-hybridized carbons (Fsp3) is 0.348. The number of nitrogens with zero attached hydrogens (tertiary/aromatic N) is 7. The van der Waals surface area contributed by atoms with E-state index in [2.05, 4.69) is 30.0 Å². The van der Waals surface area contributed by atoms with Crippen LogP contribution in [0.5, 0.6) is 11.5 Å². The molecule has 3 heterocycles. The average molecular weight is 531 g/mol. The van der Waals surface area contributed by atoms with Gasteiger partial charge in [-0.3, -0.25) is 14.0 Å². The second-order valence-corrected chi connectivity index (χ2v) is 10.2. The molecule has 1 aromatic carbocycles. The van der Waals surface area contributed by atoms with Crippen molar-refractivity contribution in [2.24, 2.45) is 0 Å². The minimum atomic E-state index is -4.06. The summed E-state index contributed by atoms with van der Waals surface area (Å²) in [7, 11) is -1.08. The van der Waals surface area contributed by atoms with Crippen LogP contribution >= 0.6 is 0 Å². The number of hydrogen-bond acceptors (Lipinski definition) is 9. The molecule has 4 aromatic rings. The Bertz CT molecular complexity index is 1460. The molecule has 37 heavy (non-hydrogen) atoms. The molecule has 12 nitrogen and oxygen atoms in total. The summed E-state index contributed by atoms with van der Waals surface area (Å²) < 4.78 is 57.1. The monoisotopic (exact) mass is 530 g/mol. The molecule has 2 atom stereocenters. The molecule has 4 rings (SSSR count). The fourth-order valence-electron chi connectivity index (χ4n) is 3.69. The van der Waals surface area contributed by atoms with Crippen molar-refractivity contribution in [2.75, 3.05) is 18.9 Å². The molecular weight excluding hydrogens is 503 g/mol. The third-order valence-corrected chi connectivity index (χ3v) is 7.81. The Labute approximate surface area is 213 Å². The quantitative estimate of drug-likeness (QED) is 0.328. The zero-order valence-corrected chi connectivity index (χ0v) is 21.8. The first-order valence-corrected chi connectivity index (χ1v) is 12.9. The van der Waals surface area contributed by atoms with E-state index < -0.39 is 27.0 Å². The lowest BCUT2D eigenvalue weighted by Crippen LogP contribution is -2.31. The summed E-state index contributed by atoms with van der Waals surface area (Å²) in [5.41, 5.74) is 0.854. The Morgan fingerprint density at radius 1 is 1.05 bits per heavy atom. The van der Waals surface area contributed by atoms with Gasteiger partial charge in [0.1, 0.15) is 28.7 Å². The number of sulfonamides is 1. The number of aromatic nitrogens is 7. The highest BCUT2D eigenvalue weighted by atomic mass is 32.2. The number of halogens is 1. The van der Waals surface area contributed by atoms with Crippen LogP contribution in [0.2, 0.25) is 0 Å². The van der Waals surface area contributed by atoms with Crippen LogP contribution in [-0.2, 0) is 16.6 Å². The van der Waals surface area contributed by atoms with E-state index >= 15 is 0 Å². The first-order chi connectivity index (χ1) is 17.7. The Balaban J connectivity index is 1.82. The van der Waals surface area contributed by atoms with Gasteiger partial charge in [0.2, 0.25) is 16.0 Å². The highest BCUT2D eigenvalue weighted by Crippen LogP contribution is 2.37. The number of ether oxygens (including phenoxy) is 2. The molecule has 0 amide bonds. The number of aryl methyl sites for hydroxylation is 1. The average Bonchev–Trinajstić information content (AvgIpc) is 3.54. The molecule has 0 saturated heterocycles. The molecule has 0 aliphatic carbocycles. The van der Waals surface area contributed by atoms with Gasteiger partial charge in [0, 0.05) is 18.7 Å². The molecule has 0 fully saturated rings. The lowest BCUT2D eigenvalue weighted by atomic mass is 10.1. The third kappa shape index (κ3) is 5.09. The van der Waals surface area contributed by atoms with Crippen molar-refractivity contribution in [3.05, 3.63) is 54.5 Å². The Morgan fingerprint density at radius 3 is 2.27 bits per heavy atom. The van der Waals surface area contributed by atoms with E-state index in [9.17, 15) is 12.8 Å². The van der Waals surface area contributed by atoms with Crippen LogP contribution in [0.1, 0.15) is 32.5 Å². The first-order valence-electron chi connectivity index (χ1n) is 11.4. The lowest BCUT2D eigenvalue weighted by molar-refractivity contribution is 0.391. The number of nitrogens with one attached hydrogen (secondary N) is 1. The van der Waals surface area contributed by atoms with E-state index in [1.165, 1.54) is 25.7 Å². The molecule has 1 N–H and O–H groups in total. The zero-order valence-electron chi connectivity index (χ0n) is 21.0. The summed E-state index contributed by atoms with van der Waals surface area (Å²) in [6, 6.07) is 6.91. The summed E-state index contributed by atoms with van der Waals surface area (Å²) in [4.78, 5) is 7.86. The number of benzene rings is 1. The van der Waals surface area contributed by atoms with Gasteiger partial charge < -0.3 is 9.47 Å². The molecular formula is C23H27FN8O4S. The summed E-state index contributed by atoms with van der Waals surface area (Å²) in [6.07, 6.45) is 3.78. The van der Waals surface area contributed by atoms with Crippen LogP contribution in [0.4, 0.5) is 10.3 Å². The minimum absolute atomic E-state index is 0.0945. The molecule has 0 unspecified atom stereocenters. The van der Waals surface area contributed by atoms with Crippen LogP contribution < -0.4 is 14.2 Å². The van der Waals surface area contributed by atoms with E-state index in [4.69, 9.17) is 9.47 Å². The smallest absolute Gasteiger partial charge is 0.243 e. The van der Waals surface area contributed by atoms with Gasteiger partial charge in [-0.05, 0) is 32.0 Å². The van der Waals surface area contributed by atoms with Gasteiger partial charge in [-0.1, -0.05) is 13.0 Å². The normalized spacial score (nSPS) is 13.2. The number of methoxy groups -OCH3 is 2. The minimum Gasteiger partial charge on any atom is -0.494 e. The lowest BCUT2D eigenvalue weighted by Gasteiger charge is -2.21. The van der Waals surface area contributed by atoms with Crippen molar-refractivity contribution in [3.63, 3.8) is 0 Å². The Kier molecular flexibility index (Phi) is 7.38. The molecule has 0 radical (unpaired) electrons. The molecule has 0 spiro atoms. The summed E-state index contributed by atoms with van der Waals surface area (Å²) in [5.74, 6) is -0.0959. The maximum atomic E-state index is 13.5. The predicted octanol–water partition coefficient (Wildman–Crippen LogP) is 3.03. The largest absolute Gasteiger partial charge is 0.494 e. The second-order valence-electron chi connectivity index (χ2n) is 8.15. The van der Waals surface area contributed by atoms with Crippen molar-refractivity contribution in [2.45, 2.75) is 38.5 Å². The molecule has 3 aromatic heterocycles. The molecule has 196 valence electrons. The maximum absolute atomic E-state index is 13.5. The van der Waals surface area contributed by atoms with Gasteiger partial charge in [0.15, 0.2) is 11.6 Å². The Morgan fingerprint density at radius 2 is 1.70 bits per heavy atom. The van der Waals surface area contributed by atoms with Gasteiger partial charge in [-0.25, -0.2) is 22.8 Å². The van der Waals surface area contributed by atoms with Crippen molar-refractivity contribution >= 4 is 16.0 Å². The molecule has 0 bridgehead atoms. The second kappa shape index (κ2) is 10.5. The highest BCUT2D eigenvalue weighted by molar-refractivity contribution is 7.93. The van der Waals surface area contributed by atoms with Gasteiger partial charge in [0.05, 0.1) is 31.9 Å². The van der Waals surface area contributed by atoms with Crippen LogP contribution in [0, 0.1) is 5.82 Å². The van der Waals surface area contributed by atoms with E-state index in [0.717, 1.165) is 12.4 Å². The summed E-state index contributed by atoms with van der Waals surface area (Å²) in [5, 5.41) is 11.9. The van der Waals surface area contributed by atoms with E-state index in [1.54, 1.807) is 42.1 Å². The topological polar surface area (TPSA) is 139 Å². The van der Waals surface area contributed by atoms with Crippen LogP contribution in [0.3, 0.4) is 0 Å². The highest BCUT2D eigenvalue weighted by Gasteiger charge is 2.32. The summed E-state index contributed by atoms with van der Waals surface area (Å²) in [6.45, 7) is 5.73. The molecule has 0 aliphatic heterocycles. The van der Waals surface area contributed by atoms with Crippen molar-refractivity contribution < 1.29 is 22.3 Å². The Hall–Kier alpha value is -4.07. The fourth-order valence-corrected chi connectivity index (χ4v) is 4.93. The van der Waals surface area contributed by atoms with Gasteiger partial charge in [0.25, 0.3) is 0 Å². The van der Waals surface area contributed by atoms with Crippen molar-refractivity contribution in [1.29, 1.82) is 0 Å². The van der Waals surface area contributed by atoms with Gasteiger partial charge in [-0.15, -0.1) is 10.2 Å². The van der Waals surface area contributed by atoms with Crippen LogP contribution in [-0.4, -0.2) is 62.4 Å². The maximum Gasteiger partial charge on any atom is 0.243 e. The van der Waals surface area contributed by atoms with Gasteiger partial charge >= 0.3 is 0 Å². The standard InChI is InChI=1S/C23H27FN8O4S/c1-6-31-11-10-17(29-31)22-27-28-23(32(22)20-18(35-4)8-7-9-19(20)36-5)30-37(33,34)15(3)14(2)21-25-12-16(24)13-26-21/h7-15H,6H2,1-5H3,(H,28,30)/t14-,15-/m0/s1. The zero-order chi connectivity index (χ0) is 26.7. The third-order valence-electron chi connectivity index (χ3n) is 5.96. The van der Waals surface area contributed by atoms with Crippen LogP contribution in [0.25, 0.3) is 17.2 Å². The SMILES string of the molecule is CCn1ccc(-c2nnc(NS(=O)(=O)[C@@H](C)[C@H](C)c3ncc(F)cn3)n2-c2c(OC)cccc2OC)n1. The van der Waals surface area contributed by atoms with E-state index in [0.29, 0.717) is 29.4 Å². The van der Waals surface area contributed by atoms with Crippen LogP contribution in [0.15, 0.2) is 42.9 Å². The van der Waals surface area contributed by atoms with E-state index in [1.807, 2.05) is 6.92 Å². The first kappa shape index (κ1) is 26.0.